The first-order valence-corrected chi connectivity index (χ1v) is 12.5. The highest BCUT2D eigenvalue weighted by Gasteiger charge is 2.25. The van der Waals surface area contributed by atoms with Crippen molar-refractivity contribution in [3.05, 3.63) is 87.3 Å². The molecule has 1 aliphatic rings. The fourth-order valence-electron chi connectivity index (χ4n) is 4.68. The Kier molecular flexibility index (Phi) is 6.56. The second-order valence-corrected chi connectivity index (χ2v) is 9.89. The van der Waals surface area contributed by atoms with E-state index in [4.69, 9.17) is 0 Å². The summed E-state index contributed by atoms with van der Waals surface area (Å²) in [7, 11) is 0. The zero-order valence-corrected chi connectivity index (χ0v) is 20.0. The van der Waals surface area contributed by atoms with Crippen molar-refractivity contribution in [2.24, 2.45) is 0 Å². The van der Waals surface area contributed by atoms with Crippen LogP contribution in [-0.2, 0) is 24.2 Å². The van der Waals surface area contributed by atoms with Crippen molar-refractivity contribution in [2.75, 3.05) is 13.1 Å². The zero-order chi connectivity index (χ0) is 23.5. The summed E-state index contributed by atoms with van der Waals surface area (Å²) in [4.78, 5) is 31.2. The first-order valence-electron chi connectivity index (χ1n) is 11.7. The fourth-order valence-corrected chi connectivity index (χ4v) is 5.94. The van der Waals surface area contributed by atoms with Crippen LogP contribution in [-0.4, -0.2) is 34.6 Å². The highest BCUT2D eigenvalue weighted by Crippen LogP contribution is 2.33. The van der Waals surface area contributed by atoms with Gasteiger partial charge in [-0.3, -0.25) is 14.2 Å². The third-order valence-corrected chi connectivity index (χ3v) is 7.52. The molecule has 0 aliphatic heterocycles. The minimum Gasteiger partial charge on any atom is -0.355 e. The first-order chi connectivity index (χ1) is 16.6. The number of nitrogens with one attached hydrogen (secondary N) is 2. The van der Waals surface area contributed by atoms with Crippen LogP contribution in [0.25, 0.3) is 21.3 Å². The number of amides is 1. The molecule has 1 unspecified atom stereocenters. The molecule has 2 N–H and O–H groups in total. The molecule has 1 atom stereocenters. The summed E-state index contributed by atoms with van der Waals surface area (Å²) in [6.45, 7) is 3.41. The predicted octanol–water partition coefficient (Wildman–Crippen LogP) is 3.76. The largest absolute Gasteiger partial charge is 0.355 e. The van der Waals surface area contributed by atoms with Crippen LogP contribution < -0.4 is 16.2 Å². The van der Waals surface area contributed by atoms with Crippen LogP contribution in [0.15, 0.2) is 65.7 Å². The summed E-state index contributed by atoms with van der Waals surface area (Å²) in [6, 6.07) is 19.0. The second-order valence-electron chi connectivity index (χ2n) is 8.80. The lowest BCUT2D eigenvalue weighted by molar-refractivity contribution is -0.118. The molecule has 2 aromatic carbocycles. The number of carbonyl (C=O) groups is 1. The Bertz CT molecular complexity index is 1380. The Labute approximate surface area is 202 Å². The van der Waals surface area contributed by atoms with Gasteiger partial charge in [0.15, 0.2) is 0 Å². The minimum atomic E-state index is -0.00798. The molecule has 7 heteroatoms. The molecule has 6 nitrogen and oxygen atoms in total. The summed E-state index contributed by atoms with van der Waals surface area (Å²) in [6.07, 6.45) is 4.43. The average molecular weight is 473 g/mol. The number of carbonyl (C=O) groups excluding carboxylic acids is 1. The Hall–Kier alpha value is -3.29. The molecule has 0 spiro atoms. The molecule has 1 aliphatic carbocycles. The van der Waals surface area contributed by atoms with Crippen molar-refractivity contribution in [3.8, 4) is 11.1 Å². The molecule has 2 heterocycles. The molecule has 0 fully saturated rings. The normalized spacial score (nSPS) is 15.3. The van der Waals surface area contributed by atoms with E-state index in [1.165, 1.54) is 17.4 Å². The van der Waals surface area contributed by atoms with E-state index in [2.05, 4.69) is 45.9 Å². The smallest absolute Gasteiger partial charge is 0.262 e. The van der Waals surface area contributed by atoms with Gasteiger partial charge >= 0.3 is 0 Å². The number of rotatable bonds is 7. The highest BCUT2D eigenvalue weighted by atomic mass is 32.1. The number of aromatic nitrogens is 2. The van der Waals surface area contributed by atoms with Crippen LogP contribution in [0.4, 0.5) is 0 Å². The molecule has 1 amide bonds. The van der Waals surface area contributed by atoms with Crippen LogP contribution >= 0.6 is 11.3 Å². The molecule has 2 aromatic heterocycles. The number of aryl methyl sites for hydroxylation is 1. The lowest BCUT2D eigenvalue weighted by Gasteiger charge is -2.23. The monoisotopic (exact) mass is 472 g/mol. The third kappa shape index (κ3) is 4.81. The van der Waals surface area contributed by atoms with Gasteiger partial charge in [0.2, 0.25) is 5.91 Å². The van der Waals surface area contributed by atoms with E-state index < -0.39 is 0 Å². The van der Waals surface area contributed by atoms with Gasteiger partial charge in [0.25, 0.3) is 5.56 Å². The molecule has 4 aromatic rings. The van der Waals surface area contributed by atoms with E-state index >= 15 is 0 Å². The van der Waals surface area contributed by atoms with Crippen molar-refractivity contribution < 1.29 is 4.79 Å². The van der Waals surface area contributed by atoms with Crippen LogP contribution in [0.3, 0.4) is 0 Å². The number of benzene rings is 2. The van der Waals surface area contributed by atoms with Gasteiger partial charge in [-0.25, -0.2) is 4.98 Å². The van der Waals surface area contributed by atoms with Gasteiger partial charge in [-0.05, 0) is 47.6 Å². The predicted molar refractivity (Wildman–Crippen MR) is 137 cm³/mol. The molecule has 0 bridgehead atoms. The fraction of sp³-hybridized carbons (Fsp3) is 0.296. The maximum absolute atomic E-state index is 13.5. The maximum Gasteiger partial charge on any atom is 0.262 e. The Balaban J connectivity index is 1.35. The molecule has 5 rings (SSSR count). The summed E-state index contributed by atoms with van der Waals surface area (Å²) in [5, 5.41) is 7.14. The van der Waals surface area contributed by atoms with Crippen molar-refractivity contribution in [1.29, 1.82) is 0 Å². The first kappa shape index (κ1) is 22.5. The Morgan fingerprint density at radius 2 is 1.94 bits per heavy atom. The molecule has 174 valence electrons. The van der Waals surface area contributed by atoms with Crippen molar-refractivity contribution >= 4 is 27.5 Å². The summed E-state index contributed by atoms with van der Waals surface area (Å²) in [5.41, 5.74) is 4.61. The maximum atomic E-state index is 13.5. The number of nitrogens with zero attached hydrogens (tertiary/aromatic N) is 2. The number of hydrogen-bond donors (Lipinski definition) is 2. The van der Waals surface area contributed by atoms with Gasteiger partial charge in [-0.2, -0.15) is 0 Å². The molecule has 0 radical (unpaired) electrons. The zero-order valence-electron chi connectivity index (χ0n) is 19.2. The van der Waals surface area contributed by atoms with Gasteiger partial charge in [0.05, 0.1) is 18.3 Å². The van der Waals surface area contributed by atoms with E-state index in [-0.39, 0.29) is 11.5 Å². The lowest BCUT2D eigenvalue weighted by Crippen LogP contribution is -2.39. The highest BCUT2D eigenvalue weighted by molar-refractivity contribution is 7.18. The molecule has 0 saturated heterocycles. The Morgan fingerprint density at radius 3 is 2.76 bits per heavy atom. The summed E-state index contributed by atoms with van der Waals surface area (Å²) in [5.74, 6) is -0.00798. The molecule has 34 heavy (non-hydrogen) atoms. The van der Waals surface area contributed by atoms with Gasteiger partial charge < -0.3 is 10.6 Å². The van der Waals surface area contributed by atoms with E-state index in [1.54, 1.807) is 22.2 Å². The van der Waals surface area contributed by atoms with Crippen LogP contribution in [0.5, 0.6) is 0 Å². The third-order valence-electron chi connectivity index (χ3n) is 6.35. The minimum absolute atomic E-state index is 0.00798. The van der Waals surface area contributed by atoms with Gasteiger partial charge in [0, 0.05) is 30.9 Å². The summed E-state index contributed by atoms with van der Waals surface area (Å²) >= 11 is 1.64. The lowest BCUT2D eigenvalue weighted by atomic mass is 9.93. The van der Waals surface area contributed by atoms with Gasteiger partial charge in [-0.1, -0.05) is 48.5 Å². The molecular formula is C27H28N4O2S. The van der Waals surface area contributed by atoms with E-state index in [0.29, 0.717) is 19.1 Å². The SMILES string of the molecule is CC(=O)NCCNC1CCc2c(sc3ncn(Cc4cccc(-c5ccccc5)c4)c(=O)c23)C1. The van der Waals surface area contributed by atoms with Crippen LogP contribution in [0, 0.1) is 0 Å². The van der Waals surface area contributed by atoms with Crippen molar-refractivity contribution in [2.45, 2.75) is 38.8 Å². The number of hydrogen-bond acceptors (Lipinski definition) is 5. The van der Waals surface area contributed by atoms with Crippen LogP contribution in [0.2, 0.25) is 0 Å². The van der Waals surface area contributed by atoms with Gasteiger partial charge in [-0.15, -0.1) is 11.3 Å². The van der Waals surface area contributed by atoms with E-state index in [0.717, 1.165) is 52.7 Å². The number of thiophene rings is 1. The Morgan fingerprint density at radius 1 is 1.12 bits per heavy atom. The average Bonchev–Trinajstić information content (AvgIpc) is 3.23. The molecule has 0 saturated carbocycles. The topological polar surface area (TPSA) is 76.0 Å². The van der Waals surface area contributed by atoms with E-state index in [9.17, 15) is 9.59 Å². The second kappa shape index (κ2) is 9.91. The number of fused-ring (bicyclic) bond motifs is 3. The van der Waals surface area contributed by atoms with Crippen LogP contribution in [0.1, 0.15) is 29.3 Å². The standard InChI is InChI=1S/C27H28N4O2S/c1-18(32)28-12-13-29-22-10-11-23-24(15-22)34-26-25(23)27(33)31(17-30-26)16-19-6-5-9-21(14-19)20-7-3-2-4-8-20/h2-9,14,17,22,29H,10-13,15-16H2,1H3,(H,28,32). The summed E-state index contributed by atoms with van der Waals surface area (Å²) < 4.78 is 1.73. The van der Waals surface area contributed by atoms with E-state index in [1.807, 2.05) is 24.3 Å². The van der Waals surface area contributed by atoms with Crippen molar-refractivity contribution in [1.82, 2.24) is 20.2 Å². The quantitative estimate of drug-likeness (QED) is 0.402. The molecular weight excluding hydrogens is 444 g/mol. The van der Waals surface area contributed by atoms with Gasteiger partial charge in [0.1, 0.15) is 4.83 Å². The van der Waals surface area contributed by atoms with Crippen molar-refractivity contribution in [3.63, 3.8) is 0 Å².